The van der Waals surface area contributed by atoms with E-state index < -0.39 is 0 Å². The van der Waals surface area contributed by atoms with E-state index in [9.17, 15) is 4.79 Å². The van der Waals surface area contributed by atoms with Crippen LogP contribution in [-0.2, 0) is 6.61 Å². The summed E-state index contributed by atoms with van der Waals surface area (Å²) in [5.41, 5.74) is 3.67. The summed E-state index contributed by atoms with van der Waals surface area (Å²) in [7, 11) is 1.60. The van der Waals surface area contributed by atoms with Crippen LogP contribution in [0.2, 0.25) is 0 Å². The molecule has 29 heavy (non-hydrogen) atoms. The van der Waals surface area contributed by atoms with Crippen molar-refractivity contribution in [2.75, 3.05) is 7.11 Å². The molecule has 0 amide bonds. The van der Waals surface area contributed by atoms with Gasteiger partial charge in [-0.05, 0) is 64.3 Å². The van der Waals surface area contributed by atoms with Gasteiger partial charge in [-0.25, -0.2) is 0 Å². The number of ether oxygens (including phenoxy) is 2. The molecule has 0 heterocycles. The van der Waals surface area contributed by atoms with Crippen LogP contribution in [-0.4, -0.2) is 12.9 Å². The molecule has 0 aromatic heterocycles. The van der Waals surface area contributed by atoms with Crippen LogP contribution in [0.15, 0.2) is 75.7 Å². The maximum Gasteiger partial charge on any atom is 0.185 e. The SMILES string of the molecule is COc1cc(/C=C/C(=O)c2ccc(C)cc2)cc(Br)c1OCc1ccc(Br)cc1. The third kappa shape index (κ3) is 5.81. The number of rotatable bonds is 7. The number of benzene rings is 3. The van der Waals surface area contributed by atoms with Gasteiger partial charge in [0.1, 0.15) is 6.61 Å². The molecule has 5 heteroatoms. The van der Waals surface area contributed by atoms with Crippen LogP contribution in [0.1, 0.15) is 27.0 Å². The third-order valence-electron chi connectivity index (χ3n) is 4.31. The highest BCUT2D eigenvalue weighted by atomic mass is 79.9. The quantitative estimate of drug-likeness (QED) is 0.251. The van der Waals surface area contributed by atoms with Crippen molar-refractivity contribution >= 4 is 43.7 Å². The van der Waals surface area contributed by atoms with Gasteiger partial charge in [0.25, 0.3) is 0 Å². The zero-order valence-electron chi connectivity index (χ0n) is 16.1. The molecule has 0 spiro atoms. The van der Waals surface area contributed by atoms with Crippen molar-refractivity contribution in [3.8, 4) is 11.5 Å². The van der Waals surface area contributed by atoms with E-state index >= 15 is 0 Å². The van der Waals surface area contributed by atoms with Crippen molar-refractivity contribution in [1.29, 1.82) is 0 Å². The Bertz CT molecular complexity index is 1020. The summed E-state index contributed by atoms with van der Waals surface area (Å²) in [5.74, 6) is 1.17. The molecule has 148 valence electrons. The first-order valence-corrected chi connectivity index (χ1v) is 10.6. The lowest BCUT2D eigenvalue weighted by Crippen LogP contribution is -1.99. The number of halogens is 2. The molecule has 0 N–H and O–H groups in total. The van der Waals surface area contributed by atoms with E-state index in [0.717, 1.165) is 25.6 Å². The normalized spacial score (nSPS) is 10.9. The van der Waals surface area contributed by atoms with Gasteiger partial charge in [0, 0.05) is 10.0 Å². The summed E-state index contributed by atoms with van der Waals surface area (Å²) in [4.78, 5) is 12.4. The zero-order valence-corrected chi connectivity index (χ0v) is 19.3. The molecule has 3 aromatic rings. The monoisotopic (exact) mass is 514 g/mol. The largest absolute Gasteiger partial charge is 0.493 e. The summed E-state index contributed by atoms with van der Waals surface area (Å²) in [5, 5.41) is 0. The van der Waals surface area contributed by atoms with Gasteiger partial charge in [0.2, 0.25) is 0 Å². The summed E-state index contributed by atoms with van der Waals surface area (Å²) < 4.78 is 13.3. The highest BCUT2D eigenvalue weighted by Gasteiger charge is 2.12. The molecule has 0 bridgehead atoms. The Labute approximate surface area is 187 Å². The Morgan fingerprint density at radius 2 is 1.69 bits per heavy atom. The van der Waals surface area contributed by atoms with E-state index in [4.69, 9.17) is 9.47 Å². The van der Waals surface area contributed by atoms with Crippen LogP contribution in [0, 0.1) is 6.92 Å². The second-order valence-corrected chi connectivity index (χ2v) is 8.28. The van der Waals surface area contributed by atoms with Gasteiger partial charge in [0.05, 0.1) is 11.6 Å². The molecule has 0 fully saturated rings. The molecule has 0 aliphatic heterocycles. The molecule has 0 saturated carbocycles. The Morgan fingerprint density at radius 1 is 1.00 bits per heavy atom. The average molecular weight is 516 g/mol. The van der Waals surface area contributed by atoms with E-state index in [1.54, 1.807) is 19.3 Å². The number of methoxy groups -OCH3 is 1. The number of hydrogen-bond acceptors (Lipinski definition) is 3. The van der Waals surface area contributed by atoms with Crippen LogP contribution in [0.25, 0.3) is 6.08 Å². The summed E-state index contributed by atoms with van der Waals surface area (Å²) in [6.07, 6.45) is 3.34. The van der Waals surface area contributed by atoms with Crippen LogP contribution in [0.3, 0.4) is 0 Å². The third-order valence-corrected chi connectivity index (χ3v) is 5.43. The number of aryl methyl sites for hydroxylation is 1. The van der Waals surface area contributed by atoms with Crippen molar-refractivity contribution in [1.82, 2.24) is 0 Å². The first kappa shape index (κ1) is 21.3. The lowest BCUT2D eigenvalue weighted by Gasteiger charge is -2.13. The first-order chi connectivity index (χ1) is 14.0. The topological polar surface area (TPSA) is 35.5 Å². The first-order valence-electron chi connectivity index (χ1n) is 9.00. The minimum absolute atomic E-state index is 0.0457. The van der Waals surface area contributed by atoms with Crippen molar-refractivity contribution in [2.24, 2.45) is 0 Å². The maximum atomic E-state index is 12.4. The van der Waals surface area contributed by atoms with E-state index in [1.807, 2.05) is 67.6 Å². The summed E-state index contributed by atoms with van der Waals surface area (Å²) >= 11 is 6.98. The molecular weight excluding hydrogens is 496 g/mol. The molecule has 0 radical (unpaired) electrons. The molecular formula is C24H20Br2O3. The average Bonchev–Trinajstić information content (AvgIpc) is 2.72. The van der Waals surface area contributed by atoms with Gasteiger partial charge in [-0.3, -0.25) is 4.79 Å². The zero-order chi connectivity index (χ0) is 20.8. The van der Waals surface area contributed by atoms with Gasteiger partial charge in [0.15, 0.2) is 17.3 Å². The second-order valence-electron chi connectivity index (χ2n) is 6.51. The van der Waals surface area contributed by atoms with Gasteiger partial charge in [-0.2, -0.15) is 0 Å². The molecule has 3 nitrogen and oxygen atoms in total. The molecule has 0 atom stereocenters. The Morgan fingerprint density at radius 3 is 2.34 bits per heavy atom. The Hall–Kier alpha value is -2.37. The number of carbonyl (C=O) groups excluding carboxylic acids is 1. The summed E-state index contributed by atoms with van der Waals surface area (Å²) in [6.45, 7) is 2.41. The summed E-state index contributed by atoms with van der Waals surface area (Å²) in [6, 6.07) is 19.2. The number of hydrogen-bond donors (Lipinski definition) is 0. The van der Waals surface area contributed by atoms with E-state index in [2.05, 4.69) is 31.9 Å². The maximum absolute atomic E-state index is 12.4. The van der Waals surface area contributed by atoms with Crippen molar-refractivity contribution < 1.29 is 14.3 Å². The minimum atomic E-state index is -0.0457. The minimum Gasteiger partial charge on any atom is -0.493 e. The fourth-order valence-electron chi connectivity index (χ4n) is 2.70. The highest BCUT2D eigenvalue weighted by molar-refractivity contribution is 9.10. The number of carbonyl (C=O) groups is 1. The standard InChI is InChI=1S/C24H20Br2O3/c1-16-3-8-19(9-4-16)22(27)12-7-18-13-21(26)24(23(14-18)28-2)29-15-17-5-10-20(25)11-6-17/h3-14H,15H2,1-2H3/b12-7+. The molecule has 3 aromatic carbocycles. The molecule has 0 aliphatic rings. The lowest BCUT2D eigenvalue weighted by atomic mass is 10.1. The van der Waals surface area contributed by atoms with Gasteiger partial charge in [-0.15, -0.1) is 0 Å². The fourth-order valence-corrected chi connectivity index (χ4v) is 3.54. The molecule has 0 saturated heterocycles. The number of ketones is 1. The molecule has 0 unspecified atom stereocenters. The highest BCUT2D eigenvalue weighted by Crippen LogP contribution is 2.37. The molecule has 3 rings (SSSR count). The van der Waals surface area contributed by atoms with Crippen molar-refractivity contribution in [3.63, 3.8) is 0 Å². The predicted molar refractivity (Wildman–Crippen MR) is 124 cm³/mol. The Kier molecular flexibility index (Phi) is 7.29. The number of allylic oxidation sites excluding steroid dienone is 1. The van der Waals surface area contributed by atoms with Crippen LogP contribution in [0.4, 0.5) is 0 Å². The van der Waals surface area contributed by atoms with Gasteiger partial charge in [-0.1, -0.05) is 64.0 Å². The fraction of sp³-hybridized carbons (Fsp3) is 0.125. The second kappa shape index (κ2) is 9.90. The predicted octanol–water partition coefficient (Wildman–Crippen LogP) is 7.00. The van der Waals surface area contributed by atoms with E-state index in [1.165, 1.54) is 0 Å². The lowest BCUT2D eigenvalue weighted by molar-refractivity contribution is 0.104. The van der Waals surface area contributed by atoms with Crippen molar-refractivity contribution in [2.45, 2.75) is 13.5 Å². The van der Waals surface area contributed by atoms with Gasteiger partial charge >= 0.3 is 0 Å². The Balaban J connectivity index is 1.75. The van der Waals surface area contributed by atoms with Crippen LogP contribution < -0.4 is 9.47 Å². The van der Waals surface area contributed by atoms with Crippen molar-refractivity contribution in [3.05, 3.63) is 97.9 Å². The van der Waals surface area contributed by atoms with Crippen LogP contribution >= 0.6 is 31.9 Å². The smallest absolute Gasteiger partial charge is 0.185 e. The van der Waals surface area contributed by atoms with Crippen LogP contribution in [0.5, 0.6) is 11.5 Å². The van der Waals surface area contributed by atoms with Gasteiger partial charge < -0.3 is 9.47 Å². The van der Waals surface area contributed by atoms with E-state index in [-0.39, 0.29) is 5.78 Å². The molecule has 0 aliphatic carbocycles. The van der Waals surface area contributed by atoms with E-state index in [0.29, 0.717) is 23.7 Å².